The number of esters is 3. The summed E-state index contributed by atoms with van der Waals surface area (Å²) >= 11 is 0. The van der Waals surface area contributed by atoms with Gasteiger partial charge in [-0.2, -0.15) is 0 Å². The van der Waals surface area contributed by atoms with Crippen molar-refractivity contribution in [2.24, 2.45) is 5.73 Å². The van der Waals surface area contributed by atoms with Crippen LogP contribution in [0.15, 0.2) is 0 Å². The minimum atomic E-state index is -1.16. The van der Waals surface area contributed by atoms with Crippen molar-refractivity contribution in [3.05, 3.63) is 0 Å². The molecule has 0 aliphatic rings. The van der Waals surface area contributed by atoms with Crippen molar-refractivity contribution >= 4 is 29.8 Å². The molecule has 0 saturated heterocycles. The molecule has 0 spiro atoms. The number of urea groups is 1. The molecular weight excluding hydrogens is 568 g/mol. The third kappa shape index (κ3) is 23.6. The van der Waals surface area contributed by atoms with E-state index in [2.05, 4.69) is 16.0 Å². The number of nitrogens with one attached hydrogen (secondary N) is 3. The van der Waals surface area contributed by atoms with Crippen LogP contribution >= 0.6 is 0 Å². The maximum absolute atomic E-state index is 13.0. The fourth-order valence-electron chi connectivity index (χ4n) is 4.01. The summed E-state index contributed by atoms with van der Waals surface area (Å²) in [6.07, 6.45) is 6.65. The average molecular weight is 629 g/mol. The van der Waals surface area contributed by atoms with Crippen LogP contribution in [-0.2, 0) is 33.4 Å². The van der Waals surface area contributed by atoms with Crippen molar-refractivity contribution < 1.29 is 38.2 Å². The highest BCUT2D eigenvalue weighted by Gasteiger charge is 2.31. The molecule has 2 atom stereocenters. The predicted octanol–water partition coefficient (Wildman–Crippen LogP) is 4.41. The molecular formula is C32H60N4O8. The minimum absolute atomic E-state index is 0.00964. The monoisotopic (exact) mass is 628 g/mol. The Balaban J connectivity index is 5.15. The van der Waals surface area contributed by atoms with Crippen molar-refractivity contribution in [3.8, 4) is 0 Å². The van der Waals surface area contributed by atoms with E-state index in [0.717, 1.165) is 32.1 Å². The Bertz CT molecular complexity index is 903. The number of unbranched alkanes of at least 4 members (excludes halogenated alkanes) is 5. The molecule has 0 bridgehead atoms. The summed E-state index contributed by atoms with van der Waals surface area (Å²) in [5.74, 6) is -1.86. The van der Waals surface area contributed by atoms with Crippen molar-refractivity contribution in [2.45, 2.75) is 162 Å². The number of ether oxygens (including phenoxy) is 3. The van der Waals surface area contributed by atoms with E-state index in [4.69, 9.17) is 19.9 Å². The number of carbonyl (C=O) groups excluding carboxylic acids is 5. The van der Waals surface area contributed by atoms with Gasteiger partial charge in [0.25, 0.3) is 0 Å². The van der Waals surface area contributed by atoms with Crippen LogP contribution in [0, 0.1) is 0 Å². The first-order valence-corrected chi connectivity index (χ1v) is 15.9. The lowest BCUT2D eigenvalue weighted by atomic mass is 10.1. The van der Waals surface area contributed by atoms with Crippen LogP contribution in [0.3, 0.4) is 0 Å². The number of hydrogen-bond acceptors (Lipinski definition) is 9. The van der Waals surface area contributed by atoms with E-state index in [1.54, 1.807) is 62.3 Å². The standard InChI is InChI=1S/C32H60N4O8/c1-30(2,3)42-26(38)20-19-24(28(40)44-32(7,8)9)36-29(41)35-23(27(39)43-31(4,5)6)17-14-16-22-34-25(37)18-13-11-10-12-15-21-33/h23-24H,10-22,33H2,1-9H3,(H,34,37)(H2,35,36,41)/t23-,24-/m0/s1. The summed E-state index contributed by atoms with van der Waals surface area (Å²) in [5.41, 5.74) is 3.20. The van der Waals surface area contributed by atoms with E-state index in [0.29, 0.717) is 32.4 Å². The summed E-state index contributed by atoms with van der Waals surface area (Å²) in [6, 6.07) is -2.93. The van der Waals surface area contributed by atoms with Crippen LogP contribution < -0.4 is 21.7 Å². The van der Waals surface area contributed by atoms with Gasteiger partial charge in [0.1, 0.15) is 28.9 Å². The van der Waals surface area contributed by atoms with Gasteiger partial charge in [-0.15, -0.1) is 0 Å². The third-order valence-corrected chi connectivity index (χ3v) is 5.90. The van der Waals surface area contributed by atoms with Crippen molar-refractivity contribution in [2.75, 3.05) is 13.1 Å². The molecule has 256 valence electrons. The van der Waals surface area contributed by atoms with Gasteiger partial charge in [0.2, 0.25) is 5.91 Å². The molecule has 5 N–H and O–H groups in total. The first-order chi connectivity index (χ1) is 20.2. The smallest absolute Gasteiger partial charge is 0.329 e. The number of rotatable bonds is 19. The predicted molar refractivity (Wildman–Crippen MR) is 170 cm³/mol. The molecule has 3 amide bonds. The molecule has 12 heteroatoms. The van der Waals surface area contributed by atoms with E-state index in [1.165, 1.54) is 0 Å². The minimum Gasteiger partial charge on any atom is -0.460 e. The molecule has 0 aliphatic carbocycles. The van der Waals surface area contributed by atoms with Gasteiger partial charge in [-0.25, -0.2) is 14.4 Å². The highest BCUT2D eigenvalue weighted by Crippen LogP contribution is 2.15. The van der Waals surface area contributed by atoms with E-state index in [-0.39, 0.29) is 25.2 Å². The van der Waals surface area contributed by atoms with Crippen LogP contribution in [-0.4, -0.2) is 71.8 Å². The van der Waals surface area contributed by atoms with Crippen molar-refractivity contribution in [1.82, 2.24) is 16.0 Å². The first kappa shape index (κ1) is 41.1. The maximum atomic E-state index is 13.0. The van der Waals surface area contributed by atoms with Gasteiger partial charge < -0.3 is 35.9 Å². The van der Waals surface area contributed by atoms with Gasteiger partial charge in [0.15, 0.2) is 0 Å². The van der Waals surface area contributed by atoms with Crippen LogP contribution in [0.5, 0.6) is 0 Å². The average Bonchev–Trinajstić information content (AvgIpc) is 2.84. The van der Waals surface area contributed by atoms with Gasteiger partial charge in [0.05, 0.1) is 0 Å². The zero-order chi connectivity index (χ0) is 34.0. The molecule has 0 heterocycles. The normalized spacial score (nSPS) is 13.3. The first-order valence-electron chi connectivity index (χ1n) is 15.9. The van der Waals surface area contributed by atoms with E-state index < -0.39 is 52.8 Å². The van der Waals surface area contributed by atoms with Crippen LogP contribution in [0.2, 0.25) is 0 Å². The topological polar surface area (TPSA) is 175 Å². The largest absolute Gasteiger partial charge is 0.460 e. The molecule has 0 aromatic heterocycles. The molecule has 0 radical (unpaired) electrons. The summed E-state index contributed by atoms with van der Waals surface area (Å²) in [4.78, 5) is 63.2. The summed E-state index contributed by atoms with van der Waals surface area (Å²) in [5, 5.41) is 8.07. The molecule has 0 rings (SSSR count). The molecule has 0 aliphatic heterocycles. The van der Waals surface area contributed by atoms with E-state index in [9.17, 15) is 24.0 Å². The zero-order valence-electron chi connectivity index (χ0n) is 28.7. The third-order valence-electron chi connectivity index (χ3n) is 5.90. The molecule has 0 unspecified atom stereocenters. The van der Waals surface area contributed by atoms with Crippen LogP contribution in [0.4, 0.5) is 4.79 Å². The Morgan fingerprint density at radius 1 is 0.591 bits per heavy atom. The van der Waals surface area contributed by atoms with Crippen molar-refractivity contribution in [1.29, 1.82) is 0 Å². The summed E-state index contributed by atoms with van der Waals surface area (Å²) < 4.78 is 16.3. The number of hydrogen-bond donors (Lipinski definition) is 4. The quantitative estimate of drug-likeness (QED) is 0.0917. The van der Waals surface area contributed by atoms with Gasteiger partial charge in [-0.05, 0) is 107 Å². The maximum Gasteiger partial charge on any atom is 0.329 e. The van der Waals surface area contributed by atoms with Crippen molar-refractivity contribution in [3.63, 3.8) is 0 Å². The number of carbonyl (C=O) groups is 5. The molecule has 44 heavy (non-hydrogen) atoms. The van der Waals surface area contributed by atoms with E-state index >= 15 is 0 Å². The Morgan fingerprint density at radius 2 is 1.07 bits per heavy atom. The number of amides is 3. The fourth-order valence-corrected chi connectivity index (χ4v) is 4.01. The summed E-state index contributed by atoms with van der Waals surface area (Å²) in [7, 11) is 0. The Morgan fingerprint density at radius 3 is 1.57 bits per heavy atom. The second-order valence-electron chi connectivity index (χ2n) is 14.1. The van der Waals surface area contributed by atoms with Gasteiger partial charge >= 0.3 is 23.9 Å². The zero-order valence-corrected chi connectivity index (χ0v) is 28.7. The Kier molecular flexibility index (Phi) is 18.9. The summed E-state index contributed by atoms with van der Waals surface area (Å²) in [6.45, 7) is 16.6. The molecule has 12 nitrogen and oxygen atoms in total. The van der Waals surface area contributed by atoms with Crippen LogP contribution in [0.25, 0.3) is 0 Å². The fraction of sp³-hybridized carbons (Fsp3) is 0.844. The highest BCUT2D eigenvalue weighted by molar-refractivity contribution is 5.87. The Hall–Kier alpha value is -2.89. The number of nitrogens with two attached hydrogens (primary N) is 1. The highest BCUT2D eigenvalue weighted by atomic mass is 16.6. The SMILES string of the molecule is CC(C)(C)OC(=O)CC[C@H](NC(=O)N[C@@H](CCCCNC(=O)CCCCCCCN)C(=O)OC(C)(C)C)C(=O)OC(C)(C)C. The van der Waals surface area contributed by atoms with E-state index in [1.807, 2.05) is 0 Å². The lowest BCUT2D eigenvalue weighted by molar-refractivity contribution is -0.159. The molecule has 0 saturated carbocycles. The second-order valence-corrected chi connectivity index (χ2v) is 14.1. The lowest BCUT2D eigenvalue weighted by Gasteiger charge is -2.27. The van der Waals surface area contributed by atoms with Gasteiger partial charge in [-0.1, -0.05) is 19.3 Å². The molecule has 0 aromatic rings. The van der Waals surface area contributed by atoms with Crippen LogP contribution in [0.1, 0.15) is 133 Å². The van der Waals surface area contributed by atoms with Gasteiger partial charge in [-0.3, -0.25) is 9.59 Å². The van der Waals surface area contributed by atoms with Gasteiger partial charge in [0, 0.05) is 19.4 Å². The molecule has 0 fully saturated rings. The Labute approximate surface area is 264 Å². The lowest BCUT2D eigenvalue weighted by Crippen LogP contribution is -2.53. The second kappa shape index (κ2) is 20.2. The molecule has 0 aromatic carbocycles.